The number of benzene rings is 2. The summed E-state index contributed by atoms with van der Waals surface area (Å²) in [5.74, 6) is -2.60. The molecule has 130 valence electrons. The van der Waals surface area contributed by atoms with Gasteiger partial charge in [-0.15, -0.1) is 0 Å². The first-order valence-corrected chi connectivity index (χ1v) is 7.33. The van der Waals surface area contributed by atoms with Gasteiger partial charge in [-0.25, -0.2) is 13.6 Å². The van der Waals surface area contributed by atoms with Gasteiger partial charge in [0.1, 0.15) is 11.6 Å². The van der Waals surface area contributed by atoms with Gasteiger partial charge in [0.05, 0.1) is 16.3 Å². The van der Waals surface area contributed by atoms with Crippen LogP contribution in [-0.2, 0) is 9.53 Å². The van der Waals surface area contributed by atoms with Crippen LogP contribution in [0.2, 0.25) is 5.02 Å². The lowest BCUT2D eigenvalue weighted by Gasteiger charge is -2.08. The second-order valence-electron chi connectivity index (χ2n) is 4.94. The number of anilines is 1. The van der Waals surface area contributed by atoms with Crippen molar-refractivity contribution in [2.75, 3.05) is 18.7 Å². The maximum absolute atomic E-state index is 13.4. The van der Waals surface area contributed by atoms with Gasteiger partial charge in [0, 0.05) is 6.07 Å². The van der Waals surface area contributed by atoms with Gasteiger partial charge in [0.25, 0.3) is 5.91 Å². The first-order chi connectivity index (χ1) is 11.9. The molecule has 9 heteroatoms. The summed E-state index contributed by atoms with van der Waals surface area (Å²) in [5.41, 5.74) is -0.300. The number of carbonyl (C=O) groups excluding carboxylic acids is 2. The van der Waals surface area contributed by atoms with Gasteiger partial charge in [-0.3, -0.25) is 4.79 Å². The Morgan fingerprint density at radius 3 is 2.80 bits per heavy atom. The van der Waals surface area contributed by atoms with Crippen LogP contribution in [0, 0.1) is 11.6 Å². The van der Waals surface area contributed by atoms with Crippen LogP contribution in [0.5, 0.6) is 11.5 Å². The van der Waals surface area contributed by atoms with E-state index in [0.29, 0.717) is 5.75 Å². The molecule has 0 bridgehead atoms. The molecule has 3 rings (SSSR count). The van der Waals surface area contributed by atoms with Crippen molar-refractivity contribution in [2.24, 2.45) is 0 Å². The zero-order valence-electron chi connectivity index (χ0n) is 12.5. The minimum Gasteiger partial charge on any atom is -0.454 e. The number of hydrogen-bond donors (Lipinski definition) is 1. The summed E-state index contributed by atoms with van der Waals surface area (Å²) in [6, 6.07) is 5.26. The number of rotatable bonds is 4. The first kappa shape index (κ1) is 17.0. The lowest BCUT2D eigenvalue weighted by Crippen LogP contribution is -2.21. The highest BCUT2D eigenvalue weighted by molar-refractivity contribution is 6.32. The van der Waals surface area contributed by atoms with Crippen LogP contribution < -0.4 is 14.8 Å². The molecule has 0 saturated carbocycles. The number of ether oxygens (including phenoxy) is 3. The van der Waals surface area contributed by atoms with Gasteiger partial charge in [0.15, 0.2) is 18.1 Å². The summed E-state index contributed by atoms with van der Waals surface area (Å²) in [6.45, 7) is -0.712. The van der Waals surface area contributed by atoms with E-state index in [1.165, 1.54) is 12.1 Å². The highest BCUT2D eigenvalue weighted by atomic mass is 35.5. The fourth-order valence-corrected chi connectivity index (χ4v) is 2.34. The molecule has 1 N–H and O–H groups in total. The Morgan fingerprint density at radius 1 is 1.20 bits per heavy atom. The van der Waals surface area contributed by atoms with E-state index in [0.717, 1.165) is 18.2 Å². The van der Waals surface area contributed by atoms with Crippen LogP contribution >= 0.6 is 11.6 Å². The molecule has 6 nitrogen and oxygen atoms in total. The van der Waals surface area contributed by atoms with E-state index in [9.17, 15) is 18.4 Å². The summed E-state index contributed by atoms with van der Waals surface area (Å²) in [7, 11) is 0. The molecule has 0 aliphatic carbocycles. The number of halogens is 3. The Morgan fingerprint density at radius 2 is 2.00 bits per heavy atom. The zero-order valence-corrected chi connectivity index (χ0v) is 13.2. The average molecular weight is 370 g/mol. The Bertz CT molecular complexity index is 859. The molecule has 0 aromatic heterocycles. The molecule has 0 unspecified atom stereocenters. The predicted molar refractivity (Wildman–Crippen MR) is 82.8 cm³/mol. The van der Waals surface area contributed by atoms with Crippen LogP contribution in [0.1, 0.15) is 10.4 Å². The third kappa shape index (κ3) is 3.80. The van der Waals surface area contributed by atoms with E-state index in [4.69, 9.17) is 25.8 Å². The molecule has 0 radical (unpaired) electrons. The molecule has 0 atom stereocenters. The molecule has 1 amide bonds. The summed E-state index contributed by atoms with van der Waals surface area (Å²) in [4.78, 5) is 23.7. The molecular formula is C16H10ClF2NO5. The van der Waals surface area contributed by atoms with Crippen molar-refractivity contribution in [2.45, 2.75) is 0 Å². The first-order valence-electron chi connectivity index (χ1n) is 6.95. The van der Waals surface area contributed by atoms with E-state index in [1.807, 2.05) is 0 Å². The van der Waals surface area contributed by atoms with Crippen LogP contribution in [0.3, 0.4) is 0 Å². The van der Waals surface area contributed by atoms with Crippen molar-refractivity contribution >= 4 is 29.2 Å². The lowest BCUT2D eigenvalue weighted by atomic mass is 10.2. The summed E-state index contributed by atoms with van der Waals surface area (Å²) >= 11 is 5.95. The summed E-state index contributed by atoms with van der Waals surface area (Å²) in [5, 5.41) is 2.27. The van der Waals surface area contributed by atoms with Crippen molar-refractivity contribution in [1.82, 2.24) is 0 Å². The van der Waals surface area contributed by atoms with Crippen LogP contribution in [0.25, 0.3) is 0 Å². The van der Waals surface area contributed by atoms with E-state index >= 15 is 0 Å². The van der Waals surface area contributed by atoms with Gasteiger partial charge in [-0.1, -0.05) is 11.6 Å². The second-order valence-corrected chi connectivity index (χ2v) is 5.35. The fourth-order valence-electron chi connectivity index (χ4n) is 2.08. The molecule has 1 aliphatic heterocycles. The zero-order chi connectivity index (χ0) is 18.0. The molecule has 25 heavy (non-hydrogen) atoms. The Balaban J connectivity index is 1.61. The monoisotopic (exact) mass is 369 g/mol. The number of nitrogens with one attached hydrogen (secondary N) is 1. The molecule has 1 aliphatic rings. The smallest absolute Gasteiger partial charge is 0.338 e. The molecule has 0 spiro atoms. The van der Waals surface area contributed by atoms with E-state index in [-0.39, 0.29) is 28.8 Å². The predicted octanol–water partition coefficient (Wildman–Crippen LogP) is 3.14. The van der Waals surface area contributed by atoms with Crippen LogP contribution in [0.15, 0.2) is 30.3 Å². The minimum atomic E-state index is -0.838. The number of hydrogen-bond acceptors (Lipinski definition) is 5. The molecule has 2 aromatic rings. The van der Waals surface area contributed by atoms with Gasteiger partial charge in [-0.05, 0) is 24.3 Å². The Kier molecular flexibility index (Phi) is 4.71. The number of fused-ring (bicyclic) bond motifs is 1. The molecular weight excluding hydrogens is 360 g/mol. The summed E-state index contributed by atoms with van der Waals surface area (Å²) in [6.07, 6.45) is 0. The topological polar surface area (TPSA) is 73.9 Å². The highest BCUT2D eigenvalue weighted by Crippen LogP contribution is 2.39. The third-order valence-electron chi connectivity index (χ3n) is 3.20. The van der Waals surface area contributed by atoms with Crippen molar-refractivity contribution in [3.63, 3.8) is 0 Å². The lowest BCUT2D eigenvalue weighted by molar-refractivity contribution is -0.119. The standard InChI is InChI=1S/C16H10ClF2NO5/c17-10-3-8(4-13-15(10)25-7-24-13)16(22)23-6-14(21)20-12-5-9(18)1-2-11(12)19/h1-5H,6-7H2,(H,20,21). The van der Waals surface area contributed by atoms with Gasteiger partial charge < -0.3 is 19.5 Å². The Labute approximate surface area is 145 Å². The Hall–Kier alpha value is -2.87. The number of carbonyl (C=O) groups is 2. The van der Waals surface area contributed by atoms with E-state index in [1.54, 1.807) is 0 Å². The highest BCUT2D eigenvalue weighted by Gasteiger charge is 2.21. The fraction of sp³-hybridized carbons (Fsp3) is 0.125. The maximum atomic E-state index is 13.4. The van der Waals surface area contributed by atoms with E-state index < -0.39 is 30.1 Å². The molecule has 2 aromatic carbocycles. The minimum absolute atomic E-state index is 0.0187. The molecule has 0 fully saturated rings. The third-order valence-corrected chi connectivity index (χ3v) is 3.48. The van der Waals surface area contributed by atoms with Gasteiger partial charge >= 0.3 is 5.97 Å². The normalized spacial score (nSPS) is 12.0. The number of amides is 1. The molecule has 1 heterocycles. The van der Waals surface area contributed by atoms with Crippen LogP contribution in [0.4, 0.5) is 14.5 Å². The SMILES string of the molecule is O=C(COC(=O)c1cc(Cl)c2c(c1)OCO2)Nc1cc(F)ccc1F. The maximum Gasteiger partial charge on any atom is 0.338 e. The average Bonchev–Trinajstić information content (AvgIpc) is 3.05. The van der Waals surface area contributed by atoms with Crippen molar-refractivity contribution in [1.29, 1.82) is 0 Å². The van der Waals surface area contributed by atoms with Crippen molar-refractivity contribution in [3.8, 4) is 11.5 Å². The van der Waals surface area contributed by atoms with Gasteiger partial charge in [-0.2, -0.15) is 0 Å². The second kappa shape index (κ2) is 6.94. The quantitative estimate of drug-likeness (QED) is 0.838. The van der Waals surface area contributed by atoms with E-state index in [2.05, 4.69) is 5.32 Å². The van der Waals surface area contributed by atoms with Crippen molar-refractivity contribution < 1.29 is 32.6 Å². The summed E-state index contributed by atoms with van der Waals surface area (Å²) < 4.78 is 41.5. The van der Waals surface area contributed by atoms with Crippen molar-refractivity contribution in [3.05, 3.63) is 52.6 Å². The van der Waals surface area contributed by atoms with Gasteiger partial charge in [0.2, 0.25) is 6.79 Å². The van der Waals surface area contributed by atoms with Crippen LogP contribution in [-0.4, -0.2) is 25.3 Å². The molecule has 0 saturated heterocycles. The number of esters is 1. The largest absolute Gasteiger partial charge is 0.454 e.